The van der Waals surface area contributed by atoms with E-state index in [-0.39, 0.29) is 17.6 Å². The highest BCUT2D eigenvalue weighted by Crippen LogP contribution is 2.30. The van der Waals surface area contributed by atoms with Crippen LogP contribution >= 0.6 is 0 Å². The number of para-hydroxylation sites is 1. The van der Waals surface area contributed by atoms with Crippen LogP contribution in [0.25, 0.3) is 11.0 Å². The third-order valence-electron chi connectivity index (χ3n) is 5.34. The third kappa shape index (κ3) is 5.26. The molecule has 0 fully saturated rings. The molecule has 0 bridgehead atoms. The predicted octanol–water partition coefficient (Wildman–Crippen LogP) is 5.68. The molecule has 6 nitrogen and oxygen atoms in total. The largest absolute Gasteiger partial charge is 0.486 e. The van der Waals surface area contributed by atoms with Gasteiger partial charge < -0.3 is 14.5 Å². The topological polar surface area (TPSA) is 85.6 Å². The molecule has 1 amide bonds. The molecule has 3 aromatic carbocycles. The van der Waals surface area contributed by atoms with Crippen LogP contribution in [0.2, 0.25) is 0 Å². The second kappa shape index (κ2) is 9.11. The Morgan fingerprint density at radius 1 is 1.03 bits per heavy atom. The van der Waals surface area contributed by atoms with Crippen LogP contribution in [0.1, 0.15) is 40.3 Å². The lowest BCUT2D eigenvalue weighted by atomic mass is 10.1. The van der Waals surface area contributed by atoms with E-state index in [9.17, 15) is 13.2 Å². The molecule has 1 heterocycles. The van der Waals surface area contributed by atoms with Crippen molar-refractivity contribution in [1.29, 1.82) is 0 Å². The average Bonchev–Trinajstić information content (AvgIpc) is 3.13. The van der Waals surface area contributed by atoms with Gasteiger partial charge in [0.15, 0.2) is 15.6 Å². The Kier molecular flexibility index (Phi) is 6.24. The van der Waals surface area contributed by atoms with E-state index < -0.39 is 15.7 Å². The van der Waals surface area contributed by atoms with Gasteiger partial charge in [-0.05, 0) is 49.2 Å². The summed E-state index contributed by atoms with van der Waals surface area (Å²) in [7, 11) is -3.37. The average molecular weight is 464 g/mol. The van der Waals surface area contributed by atoms with Gasteiger partial charge in [-0.25, -0.2) is 8.42 Å². The van der Waals surface area contributed by atoms with Gasteiger partial charge in [0.1, 0.15) is 17.4 Å². The van der Waals surface area contributed by atoms with Gasteiger partial charge in [0, 0.05) is 22.9 Å². The fraction of sp³-hybridized carbons (Fsp3) is 0.192. The molecule has 1 N–H and O–H groups in total. The number of carbonyl (C=O) groups excluding carboxylic acids is 1. The van der Waals surface area contributed by atoms with E-state index in [2.05, 4.69) is 5.32 Å². The zero-order valence-corrected chi connectivity index (χ0v) is 19.5. The van der Waals surface area contributed by atoms with Crippen molar-refractivity contribution < 1.29 is 22.4 Å². The summed E-state index contributed by atoms with van der Waals surface area (Å²) in [6, 6.07) is 22.3. The maximum absolute atomic E-state index is 13.1. The Morgan fingerprint density at radius 2 is 1.73 bits per heavy atom. The molecule has 1 atom stereocenters. The second-order valence-electron chi connectivity index (χ2n) is 8.08. The number of fused-ring (bicyclic) bond motifs is 1. The van der Waals surface area contributed by atoms with E-state index in [1.807, 2.05) is 50.2 Å². The zero-order valence-electron chi connectivity index (χ0n) is 18.7. The van der Waals surface area contributed by atoms with Crippen LogP contribution in [0, 0.1) is 6.92 Å². The molecule has 0 saturated heterocycles. The first-order valence-electron chi connectivity index (χ1n) is 10.5. The molecule has 1 aromatic heterocycles. The number of hydrogen-bond acceptors (Lipinski definition) is 5. The van der Waals surface area contributed by atoms with Crippen molar-refractivity contribution in [3.63, 3.8) is 0 Å². The minimum absolute atomic E-state index is 0.000878. The third-order valence-corrected chi connectivity index (χ3v) is 6.15. The molecule has 0 aliphatic rings. The minimum Gasteiger partial charge on any atom is -0.486 e. The van der Waals surface area contributed by atoms with Crippen LogP contribution in [0.3, 0.4) is 0 Å². The van der Waals surface area contributed by atoms with Crippen molar-refractivity contribution in [2.45, 2.75) is 25.7 Å². The number of rotatable bonds is 7. The molecule has 1 unspecified atom stereocenters. The van der Waals surface area contributed by atoms with Crippen LogP contribution in [0.5, 0.6) is 5.75 Å². The molecular formula is C26H25NO5S. The summed E-state index contributed by atoms with van der Waals surface area (Å²) >= 11 is 0. The first-order chi connectivity index (χ1) is 15.7. The number of amides is 1. The van der Waals surface area contributed by atoms with Gasteiger partial charge in [0.05, 0.1) is 5.75 Å². The van der Waals surface area contributed by atoms with Gasteiger partial charge in [-0.15, -0.1) is 0 Å². The lowest BCUT2D eigenvalue weighted by Gasteiger charge is -2.16. The Labute approximate surface area is 193 Å². The summed E-state index contributed by atoms with van der Waals surface area (Å²) in [5.41, 5.74) is 3.29. The van der Waals surface area contributed by atoms with Gasteiger partial charge in [-0.1, -0.05) is 48.5 Å². The standard InChI is InChI=1S/C26H25NO5S/c1-17-15-20(31-18(2)19-9-5-4-6-10-19)13-14-23(17)27-26(28)25-22(16-33(3,29)30)21-11-7-8-12-24(21)32-25/h4-15,18H,16H2,1-3H3,(H,27,28). The van der Waals surface area contributed by atoms with Gasteiger partial charge in [-0.2, -0.15) is 0 Å². The molecule has 0 radical (unpaired) electrons. The van der Waals surface area contributed by atoms with Gasteiger partial charge in [0.25, 0.3) is 5.91 Å². The first-order valence-corrected chi connectivity index (χ1v) is 12.6. The van der Waals surface area contributed by atoms with Crippen molar-refractivity contribution in [3.05, 3.63) is 95.2 Å². The number of benzene rings is 3. The van der Waals surface area contributed by atoms with Crippen molar-refractivity contribution >= 4 is 32.4 Å². The highest BCUT2D eigenvalue weighted by molar-refractivity contribution is 7.89. The summed E-state index contributed by atoms with van der Waals surface area (Å²) in [5, 5.41) is 3.46. The van der Waals surface area contributed by atoms with Crippen LogP contribution in [-0.4, -0.2) is 20.6 Å². The Bertz CT molecular complexity index is 1410. The molecule has 33 heavy (non-hydrogen) atoms. The number of hydrogen-bond donors (Lipinski definition) is 1. The normalized spacial score (nSPS) is 12.5. The van der Waals surface area contributed by atoms with Crippen LogP contribution in [0.4, 0.5) is 5.69 Å². The zero-order chi connectivity index (χ0) is 23.6. The molecule has 0 spiro atoms. The van der Waals surface area contributed by atoms with Gasteiger partial charge in [-0.3, -0.25) is 4.79 Å². The number of anilines is 1. The summed E-state index contributed by atoms with van der Waals surface area (Å²) in [6.07, 6.45) is 1.01. The molecule has 0 aliphatic heterocycles. The molecule has 4 aromatic rings. The highest BCUT2D eigenvalue weighted by Gasteiger charge is 2.24. The van der Waals surface area contributed by atoms with Crippen molar-refractivity contribution in [1.82, 2.24) is 0 Å². The van der Waals surface area contributed by atoms with E-state index in [4.69, 9.17) is 9.15 Å². The monoisotopic (exact) mass is 463 g/mol. The number of carbonyl (C=O) groups is 1. The van der Waals surface area contributed by atoms with E-state index in [1.54, 1.807) is 36.4 Å². The van der Waals surface area contributed by atoms with E-state index in [0.29, 0.717) is 28.0 Å². The van der Waals surface area contributed by atoms with Crippen molar-refractivity contribution in [2.24, 2.45) is 0 Å². The second-order valence-corrected chi connectivity index (χ2v) is 10.2. The molecule has 170 valence electrons. The van der Waals surface area contributed by atoms with Crippen LogP contribution < -0.4 is 10.1 Å². The molecular weight excluding hydrogens is 438 g/mol. The SMILES string of the molecule is Cc1cc(OC(C)c2ccccc2)ccc1NC(=O)c1oc2ccccc2c1CS(C)(=O)=O. The molecule has 0 aliphatic carbocycles. The summed E-state index contributed by atoms with van der Waals surface area (Å²) in [4.78, 5) is 13.1. The summed E-state index contributed by atoms with van der Waals surface area (Å²) < 4.78 is 35.7. The van der Waals surface area contributed by atoms with Crippen LogP contribution in [0.15, 0.2) is 77.2 Å². The number of ether oxygens (including phenoxy) is 1. The number of sulfone groups is 1. The molecule has 7 heteroatoms. The fourth-order valence-corrected chi connectivity index (χ4v) is 4.52. The van der Waals surface area contributed by atoms with Crippen molar-refractivity contribution in [3.8, 4) is 5.75 Å². The van der Waals surface area contributed by atoms with E-state index in [1.165, 1.54) is 0 Å². The van der Waals surface area contributed by atoms with E-state index >= 15 is 0 Å². The number of aryl methyl sites for hydroxylation is 1. The maximum atomic E-state index is 13.1. The molecule has 4 rings (SSSR count). The Morgan fingerprint density at radius 3 is 2.42 bits per heavy atom. The van der Waals surface area contributed by atoms with Crippen molar-refractivity contribution in [2.75, 3.05) is 11.6 Å². The lowest BCUT2D eigenvalue weighted by Crippen LogP contribution is -2.15. The van der Waals surface area contributed by atoms with Gasteiger partial charge in [0.2, 0.25) is 0 Å². The predicted molar refractivity (Wildman–Crippen MR) is 129 cm³/mol. The first kappa shape index (κ1) is 22.6. The smallest absolute Gasteiger partial charge is 0.291 e. The maximum Gasteiger partial charge on any atom is 0.291 e. The van der Waals surface area contributed by atoms with Crippen LogP contribution in [-0.2, 0) is 15.6 Å². The minimum atomic E-state index is -3.37. The Hall–Kier alpha value is -3.58. The number of nitrogens with one attached hydrogen (secondary N) is 1. The number of furan rings is 1. The Balaban J connectivity index is 1.57. The molecule has 0 saturated carbocycles. The summed E-state index contributed by atoms with van der Waals surface area (Å²) in [5.74, 6) is -0.0997. The summed E-state index contributed by atoms with van der Waals surface area (Å²) in [6.45, 7) is 3.84. The fourth-order valence-electron chi connectivity index (χ4n) is 3.71. The lowest BCUT2D eigenvalue weighted by molar-refractivity contribution is 0.0997. The quantitative estimate of drug-likeness (QED) is 0.381. The highest BCUT2D eigenvalue weighted by atomic mass is 32.2. The van der Waals surface area contributed by atoms with E-state index in [0.717, 1.165) is 17.4 Å². The van der Waals surface area contributed by atoms with Gasteiger partial charge >= 0.3 is 0 Å².